The summed E-state index contributed by atoms with van der Waals surface area (Å²) in [5.41, 5.74) is 3.75. The fourth-order valence-electron chi connectivity index (χ4n) is 3.44. The van der Waals surface area contributed by atoms with Gasteiger partial charge in [-0.2, -0.15) is 0 Å². The molecule has 3 aliphatic rings. The second kappa shape index (κ2) is 5.26. The van der Waals surface area contributed by atoms with Crippen LogP contribution < -0.4 is 11.2 Å². The van der Waals surface area contributed by atoms with Gasteiger partial charge in [-0.1, -0.05) is 19.1 Å². The number of aromatic amines is 1. The van der Waals surface area contributed by atoms with Crippen molar-refractivity contribution in [2.24, 2.45) is 0 Å². The Hall–Kier alpha value is -2.56. The fourth-order valence-corrected chi connectivity index (χ4v) is 3.44. The summed E-state index contributed by atoms with van der Waals surface area (Å²) in [5.74, 6) is 0. The number of nitrogens with zero attached hydrogens (tertiary/aromatic N) is 2. The van der Waals surface area contributed by atoms with Gasteiger partial charge in [0.25, 0.3) is 5.56 Å². The predicted molar refractivity (Wildman–Crippen MR) is 89.2 cm³/mol. The topological polar surface area (TPSA) is 59.8 Å². The minimum Gasteiger partial charge on any atom is -0.362 e. The van der Waals surface area contributed by atoms with Crippen molar-refractivity contribution >= 4 is 0 Å². The van der Waals surface area contributed by atoms with Crippen molar-refractivity contribution in [2.45, 2.75) is 39.0 Å². The molecule has 0 bridgehead atoms. The van der Waals surface area contributed by atoms with E-state index >= 15 is 0 Å². The van der Waals surface area contributed by atoms with Crippen LogP contribution in [0.4, 0.5) is 0 Å². The number of rotatable bonds is 2. The van der Waals surface area contributed by atoms with E-state index in [2.05, 4.69) is 11.9 Å². The number of hydrogen-bond donors (Lipinski definition) is 1. The van der Waals surface area contributed by atoms with Crippen LogP contribution in [0.2, 0.25) is 0 Å². The molecule has 0 amide bonds. The highest BCUT2D eigenvalue weighted by atomic mass is 16.2. The van der Waals surface area contributed by atoms with Crippen molar-refractivity contribution in [1.82, 2.24) is 14.1 Å². The van der Waals surface area contributed by atoms with Crippen LogP contribution in [0.3, 0.4) is 0 Å². The van der Waals surface area contributed by atoms with E-state index in [4.69, 9.17) is 0 Å². The van der Waals surface area contributed by atoms with E-state index in [-0.39, 0.29) is 11.2 Å². The van der Waals surface area contributed by atoms with Crippen LogP contribution in [0.15, 0.2) is 40.1 Å². The van der Waals surface area contributed by atoms with Crippen LogP contribution in [0.25, 0.3) is 11.4 Å². The van der Waals surface area contributed by atoms with Gasteiger partial charge in [-0.05, 0) is 49.8 Å². The maximum Gasteiger partial charge on any atom is 0.340 e. The van der Waals surface area contributed by atoms with Gasteiger partial charge in [0.05, 0.1) is 5.69 Å². The average Bonchev–Trinajstić information content (AvgIpc) is 2.86. The van der Waals surface area contributed by atoms with Crippen LogP contribution in [-0.2, 0) is 19.3 Å². The molecule has 1 N–H and O–H groups in total. The summed E-state index contributed by atoms with van der Waals surface area (Å²) >= 11 is 0. The maximum atomic E-state index is 12.9. The fraction of sp³-hybridized carbons (Fsp3) is 0.333. The van der Waals surface area contributed by atoms with Gasteiger partial charge in [0.2, 0.25) is 0 Å². The van der Waals surface area contributed by atoms with Crippen LogP contribution in [0.1, 0.15) is 36.7 Å². The second-order valence-electron chi connectivity index (χ2n) is 6.08. The molecule has 0 saturated heterocycles. The number of H-pyrrole nitrogens is 1. The van der Waals surface area contributed by atoms with E-state index in [1.54, 1.807) is 10.8 Å². The van der Waals surface area contributed by atoms with Gasteiger partial charge in [-0.25, -0.2) is 9.36 Å². The number of fused-ring (bicyclic) bond motifs is 3. The second-order valence-corrected chi connectivity index (χ2v) is 6.08. The molecule has 0 spiro atoms. The monoisotopic (exact) mass is 309 g/mol. The summed E-state index contributed by atoms with van der Waals surface area (Å²) in [4.78, 5) is 28.8. The number of aryl methyl sites for hydroxylation is 2. The average molecular weight is 309 g/mol. The smallest absolute Gasteiger partial charge is 0.340 e. The molecule has 1 aliphatic carbocycles. The van der Waals surface area contributed by atoms with Gasteiger partial charge in [0, 0.05) is 17.6 Å². The Bertz CT molecular complexity index is 944. The van der Waals surface area contributed by atoms with Gasteiger partial charge in [0.1, 0.15) is 5.69 Å². The summed E-state index contributed by atoms with van der Waals surface area (Å²) in [6.45, 7) is 2.08. The highest BCUT2D eigenvalue weighted by molar-refractivity contribution is 5.41. The van der Waals surface area contributed by atoms with Crippen molar-refractivity contribution in [2.75, 3.05) is 0 Å². The minimum atomic E-state index is -0.263. The molecule has 0 unspecified atom stereocenters. The molecule has 2 heterocycles. The molecular weight excluding hydrogens is 290 g/mol. The first-order valence-corrected chi connectivity index (χ1v) is 8.17. The van der Waals surface area contributed by atoms with E-state index in [1.807, 2.05) is 24.3 Å². The first kappa shape index (κ1) is 14.1. The lowest BCUT2D eigenvalue weighted by atomic mass is 10.00. The van der Waals surface area contributed by atoms with Crippen LogP contribution in [-0.4, -0.2) is 14.1 Å². The Kier molecular flexibility index (Phi) is 3.22. The van der Waals surface area contributed by atoms with Crippen LogP contribution in [0.5, 0.6) is 0 Å². The molecule has 0 aromatic heterocycles. The Balaban J connectivity index is 1.99. The molecule has 118 valence electrons. The predicted octanol–water partition coefficient (Wildman–Crippen LogP) is 2.20. The van der Waals surface area contributed by atoms with Crippen molar-refractivity contribution in [1.29, 1.82) is 0 Å². The molecule has 1 aromatic carbocycles. The molecular formula is C18H19N3O2. The minimum absolute atomic E-state index is 0.260. The zero-order valence-electron chi connectivity index (χ0n) is 13.1. The third kappa shape index (κ3) is 2.07. The molecule has 4 rings (SSSR count). The van der Waals surface area contributed by atoms with Crippen LogP contribution >= 0.6 is 0 Å². The largest absolute Gasteiger partial charge is 0.362 e. The molecule has 1 aromatic rings. The Labute approximate surface area is 133 Å². The first-order valence-electron chi connectivity index (χ1n) is 8.17. The SMILES string of the molecule is CCc1ccc(-n2c(=O)c3c[nH]c4c(n-3c2=O)CCCC4)cc1. The highest BCUT2D eigenvalue weighted by Gasteiger charge is 2.24. The number of benzene rings is 1. The van der Waals surface area contributed by atoms with E-state index in [1.165, 1.54) is 10.1 Å². The van der Waals surface area contributed by atoms with E-state index in [0.717, 1.165) is 43.5 Å². The number of nitrogens with one attached hydrogen (secondary N) is 1. The van der Waals surface area contributed by atoms with E-state index in [0.29, 0.717) is 11.4 Å². The zero-order valence-corrected chi connectivity index (χ0v) is 13.1. The van der Waals surface area contributed by atoms with E-state index in [9.17, 15) is 9.59 Å². The van der Waals surface area contributed by atoms with Gasteiger partial charge in [0.15, 0.2) is 0 Å². The Morgan fingerprint density at radius 3 is 2.52 bits per heavy atom. The Morgan fingerprint density at radius 2 is 1.78 bits per heavy atom. The number of imidazole rings is 1. The van der Waals surface area contributed by atoms with Gasteiger partial charge in [-0.3, -0.25) is 9.36 Å². The molecule has 0 atom stereocenters. The number of hydrogen-bond acceptors (Lipinski definition) is 2. The molecule has 0 fully saturated rings. The van der Waals surface area contributed by atoms with Crippen molar-refractivity contribution in [3.05, 3.63) is 68.3 Å². The standard InChI is InChI=1S/C18H19N3O2/c1-2-12-7-9-13(10-8-12)20-17(22)16-11-19-14-5-3-4-6-15(14)21(16)18(20)23/h7-11,19H,2-6H2,1H3. The number of aromatic nitrogens is 3. The maximum absolute atomic E-state index is 12.9. The van der Waals surface area contributed by atoms with Crippen molar-refractivity contribution in [3.63, 3.8) is 0 Å². The summed E-state index contributed by atoms with van der Waals surface area (Å²) in [6, 6.07) is 7.62. The normalized spacial score (nSPS) is 14.1. The highest BCUT2D eigenvalue weighted by Crippen LogP contribution is 2.21. The molecule has 5 heteroatoms. The zero-order chi connectivity index (χ0) is 16.0. The quantitative estimate of drug-likeness (QED) is 0.789. The molecule has 0 radical (unpaired) electrons. The van der Waals surface area contributed by atoms with Gasteiger partial charge in [-0.15, -0.1) is 0 Å². The summed E-state index contributed by atoms with van der Waals surface area (Å²) in [6.07, 6.45) is 6.54. The lowest BCUT2D eigenvalue weighted by Crippen LogP contribution is -2.27. The van der Waals surface area contributed by atoms with Gasteiger partial charge >= 0.3 is 5.69 Å². The first-order chi connectivity index (χ1) is 11.2. The van der Waals surface area contributed by atoms with Crippen molar-refractivity contribution in [3.8, 4) is 11.4 Å². The van der Waals surface area contributed by atoms with Crippen LogP contribution in [0, 0.1) is 0 Å². The lowest BCUT2D eigenvalue weighted by Gasteiger charge is -2.18. The van der Waals surface area contributed by atoms with Crippen molar-refractivity contribution < 1.29 is 0 Å². The molecule has 5 nitrogen and oxygen atoms in total. The van der Waals surface area contributed by atoms with Gasteiger partial charge < -0.3 is 4.98 Å². The third-order valence-electron chi connectivity index (χ3n) is 4.74. The summed E-state index contributed by atoms with van der Waals surface area (Å²) in [5, 5.41) is 0. The summed E-state index contributed by atoms with van der Waals surface area (Å²) in [7, 11) is 0. The third-order valence-corrected chi connectivity index (χ3v) is 4.74. The molecule has 2 aliphatic heterocycles. The lowest BCUT2D eigenvalue weighted by molar-refractivity contribution is 0.625. The van der Waals surface area contributed by atoms with E-state index < -0.39 is 0 Å². The molecule has 0 saturated carbocycles. The Morgan fingerprint density at radius 1 is 1.04 bits per heavy atom. The summed E-state index contributed by atoms with van der Waals surface area (Å²) < 4.78 is 2.87. The molecule has 23 heavy (non-hydrogen) atoms.